The van der Waals surface area contributed by atoms with Gasteiger partial charge in [-0.25, -0.2) is 4.39 Å². The van der Waals surface area contributed by atoms with Gasteiger partial charge in [-0.05, 0) is 51.6 Å². The van der Waals surface area contributed by atoms with Crippen LogP contribution in [-0.2, 0) is 11.3 Å². The van der Waals surface area contributed by atoms with Crippen molar-refractivity contribution in [2.75, 3.05) is 25.0 Å². The number of anilines is 1. The maximum atomic E-state index is 13.6. The molecule has 0 spiro atoms. The average molecular weight is 281 g/mol. The summed E-state index contributed by atoms with van der Waals surface area (Å²) in [5, 5.41) is 5.84. The Morgan fingerprint density at radius 1 is 1.35 bits per heavy atom. The van der Waals surface area contributed by atoms with E-state index in [9.17, 15) is 9.18 Å². The topological polar surface area (TPSA) is 44.4 Å². The molecule has 0 aliphatic rings. The Kier molecular flexibility index (Phi) is 6.45. The average Bonchev–Trinajstić information content (AvgIpc) is 2.34. The summed E-state index contributed by atoms with van der Waals surface area (Å²) in [6.07, 6.45) is 0. The zero-order valence-electron chi connectivity index (χ0n) is 12.7. The Balaban J connectivity index is 2.85. The van der Waals surface area contributed by atoms with Crippen molar-refractivity contribution in [3.63, 3.8) is 0 Å². The van der Waals surface area contributed by atoms with E-state index in [-0.39, 0.29) is 24.3 Å². The number of nitrogens with zero attached hydrogens (tertiary/aromatic N) is 1. The highest BCUT2D eigenvalue weighted by molar-refractivity contribution is 5.81. The van der Waals surface area contributed by atoms with Crippen molar-refractivity contribution < 1.29 is 9.18 Å². The van der Waals surface area contributed by atoms with Crippen LogP contribution in [0.15, 0.2) is 18.2 Å². The number of halogens is 1. The van der Waals surface area contributed by atoms with Crippen LogP contribution in [0, 0.1) is 5.82 Å². The van der Waals surface area contributed by atoms with Crippen molar-refractivity contribution in [3.05, 3.63) is 29.6 Å². The van der Waals surface area contributed by atoms with Crippen molar-refractivity contribution >= 4 is 11.6 Å². The monoisotopic (exact) mass is 281 g/mol. The van der Waals surface area contributed by atoms with Crippen molar-refractivity contribution in [1.29, 1.82) is 0 Å². The minimum atomic E-state index is -0.282. The third-order valence-corrected chi connectivity index (χ3v) is 2.85. The number of carbonyl (C=O) groups is 1. The summed E-state index contributed by atoms with van der Waals surface area (Å²) < 4.78 is 13.6. The number of hydrogen-bond donors (Lipinski definition) is 2. The van der Waals surface area contributed by atoms with Gasteiger partial charge in [0, 0.05) is 24.8 Å². The van der Waals surface area contributed by atoms with E-state index in [4.69, 9.17) is 0 Å². The van der Waals surface area contributed by atoms with Gasteiger partial charge in [-0.2, -0.15) is 0 Å². The molecule has 0 heterocycles. The van der Waals surface area contributed by atoms with E-state index in [2.05, 4.69) is 10.6 Å². The zero-order valence-corrected chi connectivity index (χ0v) is 12.7. The predicted octanol–water partition coefficient (Wildman–Crippen LogP) is 1.90. The Morgan fingerprint density at radius 2 is 2.05 bits per heavy atom. The lowest BCUT2D eigenvalue weighted by molar-refractivity contribution is -0.120. The molecule has 0 aliphatic heterocycles. The van der Waals surface area contributed by atoms with E-state index in [0.717, 1.165) is 11.3 Å². The Morgan fingerprint density at radius 3 is 2.60 bits per heavy atom. The van der Waals surface area contributed by atoms with Crippen molar-refractivity contribution in [1.82, 2.24) is 10.6 Å². The van der Waals surface area contributed by atoms with Crippen LogP contribution in [0.1, 0.15) is 26.3 Å². The lowest BCUT2D eigenvalue weighted by Gasteiger charge is -2.24. The lowest BCUT2D eigenvalue weighted by atomic mass is 10.1. The fourth-order valence-corrected chi connectivity index (χ4v) is 2.05. The van der Waals surface area contributed by atoms with Crippen LogP contribution in [0.5, 0.6) is 0 Å². The molecule has 0 radical (unpaired) electrons. The maximum Gasteiger partial charge on any atom is 0.239 e. The van der Waals surface area contributed by atoms with Gasteiger partial charge in [-0.15, -0.1) is 0 Å². The van der Waals surface area contributed by atoms with Gasteiger partial charge < -0.3 is 15.5 Å². The van der Waals surface area contributed by atoms with Crippen LogP contribution in [0.3, 0.4) is 0 Å². The maximum absolute atomic E-state index is 13.6. The fourth-order valence-electron chi connectivity index (χ4n) is 2.05. The van der Waals surface area contributed by atoms with Gasteiger partial charge in [0.1, 0.15) is 5.82 Å². The molecule has 0 unspecified atom stereocenters. The molecule has 0 aromatic heterocycles. The van der Waals surface area contributed by atoms with Gasteiger partial charge >= 0.3 is 0 Å². The van der Waals surface area contributed by atoms with Crippen LogP contribution in [0.2, 0.25) is 0 Å². The summed E-state index contributed by atoms with van der Waals surface area (Å²) >= 11 is 0. The first-order chi connectivity index (χ1) is 9.46. The molecule has 4 nitrogen and oxygen atoms in total. The molecule has 1 aromatic carbocycles. The summed E-state index contributed by atoms with van der Waals surface area (Å²) in [5.41, 5.74) is 1.60. The molecule has 0 aliphatic carbocycles. The highest BCUT2D eigenvalue weighted by Gasteiger charge is 2.12. The number of benzene rings is 1. The molecule has 1 amide bonds. The largest absolute Gasteiger partial charge is 0.362 e. The van der Waals surface area contributed by atoms with Gasteiger partial charge in [0.15, 0.2) is 0 Å². The van der Waals surface area contributed by atoms with Gasteiger partial charge in [-0.1, -0.05) is 0 Å². The minimum absolute atomic E-state index is 0.0544. The van der Waals surface area contributed by atoms with E-state index in [1.165, 1.54) is 12.1 Å². The molecule has 2 N–H and O–H groups in total. The molecule has 5 heteroatoms. The Hall–Kier alpha value is -1.62. The number of nitrogens with one attached hydrogen (secondary N) is 2. The van der Waals surface area contributed by atoms with Crippen molar-refractivity contribution in [3.8, 4) is 0 Å². The standard InChI is InChI=1S/C15H24FN3O/c1-5-19(10-15(20)18-11(2)3)14-7-12(9-17-4)6-13(16)8-14/h6-8,11,17H,5,9-10H2,1-4H3,(H,18,20). The van der Waals surface area contributed by atoms with Gasteiger partial charge in [0.05, 0.1) is 6.54 Å². The second-order valence-corrected chi connectivity index (χ2v) is 5.08. The van der Waals surface area contributed by atoms with Gasteiger partial charge in [0.2, 0.25) is 5.91 Å². The minimum Gasteiger partial charge on any atom is -0.362 e. The summed E-state index contributed by atoms with van der Waals surface area (Å²) in [6, 6.07) is 4.98. The molecular formula is C15H24FN3O. The highest BCUT2D eigenvalue weighted by atomic mass is 19.1. The predicted molar refractivity (Wildman–Crippen MR) is 80.3 cm³/mol. The molecule has 112 valence electrons. The van der Waals surface area contributed by atoms with Gasteiger partial charge in [0.25, 0.3) is 0 Å². The first-order valence-corrected chi connectivity index (χ1v) is 6.94. The SMILES string of the molecule is CCN(CC(=O)NC(C)C)c1cc(F)cc(CNC)c1. The number of hydrogen-bond acceptors (Lipinski definition) is 3. The van der Waals surface area contributed by atoms with E-state index >= 15 is 0 Å². The second-order valence-electron chi connectivity index (χ2n) is 5.08. The Bertz CT molecular complexity index is 449. The van der Waals surface area contributed by atoms with Crippen LogP contribution in [0.4, 0.5) is 10.1 Å². The third kappa shape index (κ3) is 5.17. The van der Waals surface area contributed by atoms with Crippen LogP contribution in [0.25, 0.3) is 0 Å². The zero-order chi connectivity index (χ0) is 15.1. The molecule has 1 rings (SSSR count). The number of carbonyl (C=O) groups excluding carboxylic acids is 1. The van der Waals surface area contributed by atoms with E-state index in [1.54, 1.807) is 0 Å². The number of rotatable bonds is 7. The quantitative estimate of drug-likeness (QED) is 0.802. The van der Waals surface area contributed by atoms with E-state index in [0.29, 0.717) is 13.1 Å². The van der Waals surface area contributed by atoms with E-state index < -0.39 is 0 Å². The first-order valence-electron chi connectivity index (χ1n) is 6.94. The lowest BCUT2D eigenvalue weighted by Crippen LogP contribution is -2.40. The second kappa shape index (κ2) is 7.85. The molecule has 1 aromatic rings. The summed E-state index contributed by atoms with van der Waals surface area (Å²) in [7, 11) is 1.82. The van der Waals surface area contributed by atoms with Crippen LogP contribution in [-0.4, -0.2) is 32.1 Å². The smallest absolute Gasteiger partial charge is 0.239 e. The van der Waals surface area contributed by atoms with Crippen LogP contribution < -0.4 is 15.5 Å². The summed E-state index contributed by atoms with van der Waals surface area (Å²) in [5.74, 6) is -0.336. The highest BCUT2D eigenvalue weighted by Crippen LogP contribution is 2.18. The normalized spacial score (nSPS) is 10.7. The summed E-state index contributed by atoms with van der Waals surface area (Å²) in [4.78, 5) is 13.7. The molecule has 0 bridgehead atoms. The number of amides is 1. The van der Waals surface area contributed by atoms with Crippen LogP contribution >= 0.6 is 0 Å². The Labute approximate surface area is 120 Å². The summed E-state index contributed by atoms with van der Waals surface area (Å²) in [6.45, 7) is 7.26. The fraction of sp³-hybridized carbons (Fsp3) is 0.533. The molecular weight excluding hydrogens is 257 g/mol. The number of likely N-dealkylation sites (N-methyl/N-ethyl adjacent to an activating group) is 1. The molecule has 0 fully saturated rings. The van der Waals surface area contributed by atoms with Gasteiger partial charge in [-0.3, -0.25) is 4.79 Å². The third-order valence-electron chi connectivity index (χ3n) is 2.85. The molecule has 0 saturated heterocycles. The molecule has 20 heavy (non-hydrogen) atoms. The molecule has 0 saturated carbocycles. The molecule has 0 atom stereocenters. The first kappa shape index (κ1) is 16.4. The van der Waals surface area contributed by atoms with E-state index in [1.807, 2.05) is 38.8 Å². The van der Waals surface area contributed by atoms with Crippen molar-refractivity contribution in [2.45, 2.75) is 33.4 Å². The van der Waals surface area contributed by atoms with Crippen molar-refractivity contribution in [2.24, 2.45) is 0 Å².